The number of benzene rings is 1. The van der Waals surface area contributed by atoms with Gasteiger partial charge in [0, 0.05) is 22.7 Å². The van der Waals surface area contributed by atoms with E-state index in [9.17, 15) is 26.4 Å². The Labute approximate surface area is 213 Å². The summed E-state index contributed by atoms with van der Waals surface area (Å²) in [5, 5.41) is 0. The summed E-state index contributed by atoms with van der Waals surface area (Å²) in [5.41, 5.74) is -7.10. The van der Waals surface area contributed by atoms with Crippen LogP contribution in [0.1, 0.15) is 48.9 Å². The third-order valence-electron chi connectivity index (χ3n) is 6.19. The van der Waals surface area contributed by atoms with E-state index >= 15 is 0 Å². The summed E-state index contributed by atoms with van der Waals surface area (Å²) >= 11 is 6.33. The molecular weight excluding hydrogens is 764 g/mol. The molecule has 4 fully saturated rings. The summed E-state index contributed by atoms with van der Waals surface area (Å²) in [5.74, 6) is -0.443. The van der Waals surface area contributed by atoms with Crippen molar-refractivity contribution in [1.29, 1.82) is 0 Å². The molecule has 0 spiro atoms. The zero-order valence-corrected chi connectivity index (χ0v) is 22.7. The molecule has 0 radical (unpaired) electrons. The molecule has 4 aliphatic carbocycles. The molecule has 1 N–H and O–H groups in total. The summed E-state index contributed by atoms with van der Waals surface area (Å²) in [6.07, 6.45) is 2.71. The molecule has 30 heavy (non-hydrogen) atoms. The van der Waals surface area contributed by atoms with Gasteiger partial charge in [0.2, 0.25) is 0 Å². The number of ether oxygens (including phenoxy) is 1. The van der Waals surface area contributed by atoms with Crippen LogP contribution < -0.4 is 4.72 Å². The van der Waals surface area contributed by atoms with Crippen molar-refractivity contribution in [3.05, 3.63) is 28.4 Å². The fourth-order valence-corrected chi connectivity index (χ4v) is 9.02. The van der Waals surface area contributed by atoms with E-state index in [0.29, 0.717) is 31.2 Å². The molecule has 0 saturated heterocycles. The lowest BCUT2D eigenvalue weighted by Crippen LogP contribution is -2.67. The molecule has 12 heteroatoms. The fraction of sp³-hybridized carbons (Fsp3) is 0.611. The SMILES string of the molecule is O=C(OC12CC3CC(CC(NS(=O)(=O)C(F)(F)F)(C3)C1)C2)c1cc(I)cc(I)c1I. The first kappa shape index (κ1) is 23.7. The number of carbonyl (C=O) groups is 1. The van der Waals surface area contributed by atoms with Gasteiger partial charge in [-0.3, -0.25) is 0 Å². The maximum atomic E-state index is 13.1. The van der Waals surface area contributed by atoms with Crippen molar-refractivity contribution in [2.24, 2.45) is 11.8 Å². The number of sulfonamides is 1. The highest BCUT2D eigenvalue weighted by atomic mass is 127. The minimum atomic E-state index is -5.48. The summed E-state index contributed by atoms with van der Waals surface area (Å²) in [6.45, 7) is 0. The number of hydrogen-bond acceptors (Lipinski definition) is 4. The molecule has 0 aliphatic heterocycles. The van der Waals surface area contributed by atoms with Crippen molar-refractivity contribution in [2.75, 3.05) is 0 Å². The molecule has 2 atom stereocenters. The van der Waals surface area contributed by atoms with E-state index in [1.807, 2.05) is 10.8 Å². The van der Waals surface area contributed by atoms with E-state index < -0.39 is 32.6 Å². The van der Waals surface area contributed by atoms with Gasteiger partial charge in [-0.15, -0.1) is 0 Å². The number of alkyl halides is 3. The lowest BCUT2D eigenvalue weighted by Gasteiger charge is -2.61. The molecule has 5 nitrogen and oxygen atoms in total. The molecule has 4 saturated carbocycles. The number of nitrogens with one attached hydrogen (secondary N) is 1. The highest BCUT2D eigenvalue weighted by molar-refractivity contribution is 14.1. The van der Waals surface area contributed by atoms with Gasteiger partial charge in [-0.05, 0) is 124 Å². The molecule has 0 heterocycles. The predicted molar refractivity (Wildman–Crippen MR) is 128 cm³/mol. The van der Waals surface area contributed by atoms with Crippen molar-refractivity contribution in [2.45, 2.75) is 55.2 Å². The number of rotatable bonds is 4. The Morgan fingerprint density at radius 1 is 1.10 bits per heavy atom. The second-order valence-corrected chi connectivity index (χ2v) is 13.8. The molecule has 1 aromatic rings. The second kappa shape index (κ2) is 7.82. The summed E-state index contributed by atoms with van der Waals surface area (Å²) in [4.78, 5) is 13.1. The molecule has 4 bridgehead atoms. The molecule has 2 unspecified atom stereocenters. The van der Waals surface area contributed by atoms with E-state index in [2.05, 4.69) is 67.8 Å². The van der Waals surface area contributed by atoms with E-state index in [4.69, 9.17) is 4.74 Å². The molecular formula is C18H17F3I3NO4S. The van der Waals surface area contributed by atoms with Gasteiger partial charge in [-0.1, -0.05) is 0 Å². The molecule has 166 valence electrons. The number of esters is 1. The zero-order valence-electron chi connectivity index (χ0n) is 15.4. The number of hydrogen-bond donors (Lipinski definition) is 1. The van der Waals surface area contributed by atoms with E-state index in [1.54, 1.807) is 6.07 Å². The van der Waals surface area contributed by atoms with Gasteiger partial charge in [-0.2, -0.15) is 13.2 Å². The Kier molecular flexibility index (Phi) is 6.19. The molecule has 4 aliphatic rings. The van der Waals surface area contributed by atoms with Gasteiger partial charge in [0.15, 0.2) is 0 Å². The van der Waals surface area contributed by atoms with E-state index in [-0.39, 0.29) is 18.3 Å². The van der Waals surface area contributed by atoms with Crippen LogP contribution in [-0.2, 0) is 14.8 Å². The van der Waals surface area contributed by atoms with Crippen molar-refractivity contribution in [3.8, 4) is 0 Å². The van der Waals surface area contributed by atoms with Gasteiger partial charge in [0.05, 0.1) is 5.56 Å². The standard InChI is InChI=1S/C18H17F3I3NO4S/c19-18(20,21)30(27,28)25-16-4-9-1-10(5-16)7-17(6-9,8-16)29-15(26)12-2-11(22)3-13(23)14(12)24/h2-3,9-10,25H,1,4-8H2. The Hall–Kier alpha value is 0.580. The van der Waals surface area contributed by atoms with Crippen LogP contribution in [0.3, 0.4) is 0 Å². The van der Waals surface area contributed by atoms with Gasteiger partial charge in [0.1, 0.15) is 5.60 Å². The first-order chi connectivity index (χ1) is 13.7. The van der Waals surface area contributed by atoms with Crippen molar-refractivity contribution < 1.29 is 31.1 Å². The Morgan fingerprint density at radius 3 is 2.27 bits per heavy atom. The number of carbonyl (C=O) groups excluding carboxylic acids is 1. The molecule has 0 amide bonds. The summed E-state index contributed by atoms with van der Waals surface area (Å²) in [6, 6.07) is 3.67. The van der Waals surface area contributed by atoms with Gasteiger partial charge in [-0.25, -0.2) is 17.9 Å². The normalized spacial score (nSPS) is 33.0. The van der Waals surface area contributed by atoms with Crippen LogP contribution in [0.5, 0.6) is 0 Å². The zero-order chi connectivity index (χ0) is 22.1. The Balaban J connectivity index is 1.63. The van der Waals surface area contributed by atoms with Crippen molar-refractivity contribution >= 4 is 83.8 Å². The van der Waals surface area contributed by atoms with Crippen LogP contribution in [0.25, 0.3) is 0 Å². The average molecular weight is 781 g/mol. The molecule has 0 aromatic heterocycles. The maximum absolute atomic E-state index is 13.1. The maximum Gasteiger partial charge on any atom is 0.511 e. The smallest absolute Gasteiger partial charge is 0.455 e. The highest BCUT2D eigenvalue weighted by Crippen LogP contribution is 2.59. The largest absolute Gasteiger partial charge is 0.511 e. The first-order valence-electron chi connectivity index (χ1n) is 9.21. The lowest BCUT2D eigenvalue weighted by atomic mass is 9.51. The van der Waals surface area contributed by atoms with Crippen molar-refractivity contribution in [1.82, 2.24) is 4.72 Å². The van der Waals surface area contributed by atoms with Crippen LogP contribution in [0.2, 0.25) is 0 Å². The monoisotopic (exact) mass is 781 g/mol. The molecule has 1 aromatic carbocycles. The van der Waals surface area contributed by atoms with E-state index in [1.165, 1.54) is 0 Å². The average Bonchev–Trinajstić information content (AvgIpc) is 2.54. The van der Waals surface area contributed by atoms with Crippen LogP contribution in [0.4, 0.5) is 13.2 Å². The minimum absolute atomic E-state index is 0.0325. The summed E-state index contributed by atoms with van der Waals surface area (Å²) < 4.78 is 73.3. The highest BCUT2D eigenvalue weighted by Gasteiger charge is 2.62. The lowest BCUT2D eigenvalue weighted by molar-refractivity contribution is -0.143. The van der Waals surface area contributed by atoms with Crippen LogP contribution >= 0.6 is 67.8 Å². The van der Waals surface area contributed by atoms with Gasteiger partial charge in [0.25, 0.3) is 0 Å². The van der Waals surface area contributed by atoms with Crippen LogP contribution in [-0.4, -0.2) is 31.0 Å². The molecule has 5 rings (SSSR count). The quantitative estimate of drug-likeness (QED) is 0.260. The Morgan fingerprint density at radius 2 is 1.70 bits per heavy atom. The third-order valence-corrected chi connectivity index (χ3v) is 11.2. The van der Waals surface area contributed by atoms with Gasteiger partial charge < -0.3 is 4.74 Å². The van der Waals surface area contributed by atoms with E-state index in [0.717, 1.165) is 17.1 Å². The van der Waals surface area contributed by atoms with Crippen LogP contribution in [0, 0.1) is 22.5 Å². The fourth-order valence-electron chi connectivity index (χ4n) is 5.72. The second-order valence-electron chi connectivity index (χ2n) is 8.61. The third kappa shape index (κ3) is 4.36. The first-order valence-corrected chi connectivity index (χ1v) is 13.9. The Bertz CT molecular complexity index is 1000. The van der Waals surface area contributed by atoms with Gasteiger partial charge >= 0.3 is 21.5 Å². The van der Waals surface area contributed by atoms with Crippen LogP contribution in [0.15, 0.2) is 12.1 Å². The number of halogens is 6. The topological polar surface area (TPSA) is 72.5 Å². The summed E-state index contributed by atoms with van der Waals surface area (Å²) in [7, 11) is -5.48. The minimum Gasteiger partial charge on any atom is -0.455 e. The van der Waals surface area contributed by atoms with Crippen molar-refractivity contribution in [3.63, 3.8) is 0 Å². The predicted octanol–water partition coefficient (Wildman–Crippen LogP) is 5.19.